The molecule has 0 atom stereocenters. The van der Waals surface area contributed by atoms with Crippen molar-refractivity contribution < 1.29 is 0 Å². The molecule has 2 nitrogen and oxygen atoms in total. The van der Waals surface area contributed by atoms with Crippen LogP contribution in [0, 0.1) is 6.92 Å². The zero-order chi connectivity index (χ0) is 13.3. The first-order valence-electron chi connectivity index (χ1n) is 6.54. The maximum absolute atomic E-state index is 6.24. The standard InChI is InChI=1S/C15H21ClN2/c1-10(2)18-9-12(5-4-6-17)13-7-11(3)14(16)8-15(13)18/h7-10H,4-6,17H2,1-3H3. The van der Waals surface area contributed by atoms with Gasteiger partial charge >= 0.3 is 0 Å². The number of aromatic nitrogens is 1. The number of nitrogens with zero attached hydrogens (tertiary/aromatic N) is 1. The number of hydrogen-bond donors (Lipinski definition) is 1. The van der Waals surface area contributed by atoms with Crippen molar-refractivity contribution in [1.29, 1.82) is 0 Å². The van der Waals surface area contributed by atoms with Crippen molar-refractivity contribution in [2.45, 2.75) is 39.7 Å². The van der Waals surface area contributed by atoms with Crippen LogP contribution in [0.5, 0.6) is 0 Å². The number of benzene rings is 1. The molecule has 2 rings (SSSR count). The lowest BCUT2D eigenvalue weighted by Crippen LogP contribution is -2.00. The summed E-state index contributed by atoms with van der Waals surface area (Å²) in [4.78, 5) is 0. The third-order valence-electron chi connectivity index (χ3n) is 3.40. The van der Waals surface area contributed by atoms with E-state index in [9.17, 15) is 0 Å². The van der Waals surface area contributed by atoms with Crippen molar-refractivity contribution in [3.05, 3.63) is 34.5 Å². The third kappa shape index (κ3) is 2.40. The van der Waals surface area contributed by atoms with E-state index in [2.05, 4.69) is 43.7 Å². The first-order valence-corrected chi connectivity index (χ1v) is 6.92. The fraction of sp³-hybridized carbons (Fsp3) is 0.467. The van der Waals surface area contributed by atoms with Crippen molar-refractivity contribution in [2.75, 3.05) is 6.54 Å². The topological polar surface area (TPSA) is 30.9 Å². The zero-order valence-corrected chi connectivity index (χ0v) is 12.1. The van der Waals surface area contributed by atoms with Gasteiger partial charge in [-0.15, -0.1) is 0 Å². The van der Waals surface area contributed by atoms with Crippen LogP contribution < -0.4 is 5.73 Å². The van der Waals surface area contributed by atoms with Crippen molar-refractivity contribution in [2.24, 2.45) is 5.73 Å². The monoisotopic (exact) mass is 264 g/mol. The Morgan fingerprint density at radius 3 is 2.67 bits per heavy atom. The van der Waals surface area contributed by atoms with Crippen molar-refractivity contribution in [1.82, 2.24) is 4.57 Å². The molecule has 0 saturated carbocycles. The van der Waals surface area contributed by atoms with E-state index in [1.54, 1.807) is 0 Å². The van der Waals surface area contributed by atoms with Crippen LogP contribution in [0.15, 0.2) is 18.3 Å². The van der Waals surface area contributed by atoms with Gasteiger partial charge in [0.25, 0.3) is 0 Å². The Kier molecular flexibility index (Phi) is 3.98. The number of rotatable bonds is 4. The van der Waals surface area contributed by atoms with E-state index in [1.165, 1.54) is 16.5 Å². The molecule has 0 aliphatic rings. The van der Waals surface area contributed by atoms with E-state index < -0.39 is 0 Å². The molecule has 3 heteroatoms. The average molecular weight is 265 g/mol. The van der Waals surface area contributed by atoms with Crippen LogP contribution in [0.25, 0.3) is 10.9 Å². The predicted octanol–water partition coefficient (Wildman–Crippen LogP) is 4.08. The first kappa shape index (κ1) is 13.4. The molecule has 1 aromatic heterocycles. The number of nitrogens with two attached hydrogens (primary N) is 1. The molecule has 1 heterocycles. The van der Waals surface area contributed by atoms with Crippen molar-refractivity contribution in [3.63, 3.8) is 0 Å². The number of aryl methyl sites for hydroxylation is 2. The smallest absolute Gasteiger partial charge is 0.0500 e. The second-order valence-electron chi connectivity index (χ2n) is 5.17. The van der Waals surface area contributed by atoms with Gasteiger partial charge in [-0.3, -0.25) is 0 Å². The minimum atomic E-state index is 0.442. The normalized spacial score (nSPS) is 11.7. The van der Waals surface area contributed by atoms with Gasteiger partial charge in [-0.1, -0.05) is 11.6 Å². The van der Waals surface area contributed by atoms with E-state index in [4.69, 9.17) is 17.3 Å². The van der Waals surface area contributed by atoms with Crippen LogP contribution in [0.3, 0.4) is 0 Å². The summed E-state index contributed by atoms with van der Waals surface area (Å²) in [6.07, 6.45) is 4.31. The minimum absolute atomic E-state index is 0.442. The Balaban J connectivity index is 2.61. The highest BCUT2D eigenvalue weighted by atomic mass is 35.5. The molecule has 2 N–H and O–H groups in total. The van der Waals surface area contributed by atoms with Crippen molar-refractivity contribution in [3.8, 4) is 0 Å². The summed E-state index contributed by atoms with van der Waals surface area (Å²) < 4.78 is 2.30. The van der Waals surface area contributed by atoms with Gasteiger partial charge in [0.15, 0.2) is 0 Å². The number of fused-ring (bicyclic) bond motifs is 1. The van der Waals surface area contributed by atoms with Crippen LogP contribution >= 0.6 is 11.6 Å². The Bertz CT molecular complexity index is 555. The summed E-state index contributed by atoms with van der Waals surface area (Å²) in [6.45, 7) is 7.18. The molecular formula is C15H21ClN2. The fourth-order valence-electron chi connectivity index (χ4n) is 2.37. The molecule has 0 aliphatic heterocycles. The summed E-state index contributed by atoms with van der Waals surface area (Å²) in [6, 6.07) is 4.72. The molecule has 0 aliphatic carbocycles. The molecule has 0 saturated heterocycles. The lowest BCUT2D eigenvalue weighted by Gasteiger charge is -2.09. The summed E-state index contributed by atoms with van der Waals surface area (Å²) in [5.74, 6) is 0. The summed E-state index contributed by atoms with van der Waals surface area (Å²) in [7, 11) is 0. The van der Waals surface area contributed by atoms with Gasteiger partial charge in [-0.2, -0.15) is 0 Å². The quantitative estimate of drug-likeness (QED) is 0.887. The van der Waals surface area contributed by atoms with Crippen molar-refractivity contribution >= 4 is 22.5 Å². The predicted molar refractivity (Wildman–Crippen MR) is 79.4 cm³/mol. The van der Waals surface area contributed by atoms with Gasteiger partial charge in [0.05, 0.1) is 5.52 Å². The highest BCUT2D eigenvalue weighted by Gasteiger charge is 2.12. The lowest BCUT2D eigenvalue weighted by atomic mass is 10.1. The second-order valence-corrected chi connectivity index (χ2v) is 5.57. The highest BCUT2D eigenvalue weighted by molar-refractivity contribution is 6.32. The molecule has 0 amide bonds. The van der Waals surface area contributed by atoms with E-state index in [1.807, 2.05) is 0 Å². The van der Waals surface area contributed by atoms with E-state index >= 15 is 0 Å². The molecule has 0 bridgehead atoms. The van der Waals surface area contributed by atoms with Crippen LogP contribution in [0.2, 0.25) is 5.02 Å². The Hall–Kier alpha value is -0.990. The SMILES string of the molecule is Cc1cc2c(CCCN)cn(C(C)C)c2cc1Cl. The Morgan fingerprint density at radius 1 is 1.33 bits per heavy atom. The highest BCUT2D eigenvalue weighted by Crippen LogP contribution is 2.30. The minimum Gasteiger partial charge on any atom is -0.345 e. The molecule has 0 radical (unpaired) electrons. The largest absolute Gasteiger partial charge is 0.345 e. The van der Waals surface area contributed by atoms with Gasteiger partial charge in [-0.25, -0.2) is 0 Å². The molecule has 18 heavy (non-hydrogen) atoms. The maximum atomic E-state index is 6.24. The fourth-order valence-corrected chi connectivity index (χ4v) is 2.53. The van der Waals surface area contributed by atoms with E-state index in [0.29, 0.717) is 6.04 Å². The zero-order valence-electron chi connectivity index (χ0n) is 11.3. The van der Waals surface area contributed by atoms with E-state index in [0.717, 1.165) is 30.0 Å². The Labute approximate surface area is 114 Å². The summed E-state index contributed by atoms with van der Waals surface area (Å²) >= 11 is 6.24. The lowest BCUT2D eigenvalue weighted by molar-refractivity contribution is 0.620. The molecule has 1 aromatic carbocycles. The van der Waals surface area contributed by atoms with Gasteiger partial charge in [0.1, 0.15) is 0 Å². The summed E-state index contributed by atoms with van der Waals surface area (Å²) in [5, 5.41) is 2.16. The molecule has 98 valence electrons. The number of halogens is 1. The molecular weight excluding hydrogens is 244 g/mol. The summed E-state index contributed by atoms with van der Waals surface area (Å²) in [5.41, 5.74) is 9.36. The van der Waals surface area contributed by atoms with Gasteiger partial charge in [0, 0.05) is 22.6 Å². The van der Waals surface area contributed by atoms with Crippen LogP contribution in [0.1, 0.15) is 37.4 Å². The average Bonchev–Trinajstić information content (AvgIpc) is 2.66. The molecule has 0 fully saturated rings. The molecule has 0 spiro atoms. The maximum Gasteiger partial charge on any atom is 0.0500 e. The third-order valence-corrected chi connectivity index (χ3v) is 3.81. The van der Waals surface area contributed by atoms with Crippen LogP contribution in [-0.2, 0) is 6.42 Å². The van der Waals surface area contributed by atoms with Crippen LogP contribution in [0.4, 0.5) is 0 Å². The first-order chi connectivity index (χ1) is 8.54. The van der Waals surface area contributed by atoms with E-state index in [-0.39, 0.29) is 0 Å². The van der Waals surface area contributed by atoms with Gasteiger partial charge < -0.3 is 10.3 Å². The Morgan fingerprint density at radius 2 is 2.06 bits per heavy atom. The number of hydrogen-bond acceptors (Lipinski definition) is 1. The molecule has 0 unspecified atom stereocenters. The van der Waals surface area contributed by atoms with Gasteiger partial charge in [-0.05, 0) is 63.4 Å². The second kappa shape index (κ2) is 5.33. The van der Waals surface area contributed by atoms with Crippen LogP contribution in [-0.4, -0.2) is 11.1 Å². The van der Waals surface area contributed by atoms with Gasteiger partial charge in [0.2, 0.25) is 0 Å². The molecule has 2 aromatic rings.